The number of primary amides is 1. The van der Waals surface area contributed by atoms with E-state index in [0.717, 1.165) is 55.8 Å². The second kappa shape index (κ2) is 39.2. The average molecular weight is 870 g/mol. The van der Waals surface area contributed by atoms with Gasteiger partial charge in [0.05, 0.1) is 27.7 Å². The number of amides is 2. The first-order valence-electron chi connectivity index (χ1n) is 25.1. The van der Waals surface area contributed by atoms with Crippen LogP contribution in [0.15, 0.2) is 0 Å². The minimum absolute atomic E-state index is 0.0790. The van der Waals surface area contributed by atoms with Gasteiger partial charge in [-0.15, -0.1) is 0 Å². The molecule has 57 heavy (non-hydrogen) atoms. The highest BCUT2D eigenvalue weighted by atomic mass is 79.9. The largest absolute Gasteiger partial charge is 0.370 e. The van der Waals surface area contributed by atoms with Gasteiger partial charge in [-0.05, 0) is 54.5 Å². The van der Waals surface area contributed by atoms with Crippen molar-refractivity contribution in [1.82, 2.24) is 4.90 Å². The van der Waals surface area contributed by atoms with Crippen molar-refractivity contribution >= 4 is 32.4 Å². The number of unbranched alkanes of at least 4 members (excludes halogenated alkanes) is 32. The molecule has 0 aliphatic heterocycles. The van der Waals surface area contributed by atoms with E-state index in [0.29, 0.717) is 25.8 Å². The van der Waals surface area contributed by atoms with Crippen LogP contribution in [-0.4, -0.2) is 65.7 Å². The van der Waals surface area contributed by atoms with Crippen molar-refractivity contribution in [2.75, 3.05) is 34.2 Å². The van der Waals surface area contributed by atoms with Gasteiger partial charge in [0.25, 0.3) is 0 Å². The molecule has 0 fully saturated rings. The molecule has 6 nitrogen and oxygen atoms in total. The number of carbonyl (C=O) groups excluding carboxylic acids is 3. The number of halogens is 1. The fraction of sp³-hybridized carbons (Fsp3) is 0.940. The Kier molecular flexibility index (Phi) is 38.5. The molecular formula is C50H99BrN3O3+. The molecule has 0 aromatic heterocycles. The highest BCUT2D eigenvalue weighted by molar-refractivity contribution is 9.18. The lowest BCUT2D eigenvalue weighted by Crippen LogP contribution is -2.56. The number of carbonyl (C=O) groups is 3. The summed E-state index contributed by atoms with van der Waals surface area (Å²) in [6.07, 6.45) is 45.4. The van der Waals surface area contributed by atoms with Crippen LogP contribution in [-0.2, 0) is 14.4 Å². The van der Waals surface area contributed by atoms with Crippen LogP contribution in [0.25, 0.3) is 0 Å². The van der Waals surface area contributed by atoms with Gasteiger partial charge in [0, 0.05) is 19.4 Å². The lowest BCUT2D eigenvalue weighted by molar-refractivity contribution is -0.870. The third-order valence-electron chi connectivity index (χ3n) is 12.4. The zero-order valence-corrected chi connectivity index (χ0v) is 40.7. The number of rotatable bonds is 45. The molecule has 0 saturated heterocycles. The molecule has 0 rings (SSSR count). The minimum Gasteiger partial charge on any atom is -0.370 e. The summed E-state index contributed by atoms with van der Waals surface area (Å²) >= 11 is 3.39. The Labute approximate surface area is 364 Å². The van der Waals surface area contributed by atoms with Crippen LogP contribution in [0.2, 0.25) is 0 Å². The Morgan fingerprint density at radius 2 is 0.789 bits per heavy atom. The maximum absolute atomic E-state index is 14.2. The van der Waals surface area contributed by atoms with Crippen molar-refractivity contribution in [1.29, 1.82) is 0 Å². The van der Waals surface area contributed by atoms with E-state index in [9.17, 15) is 14.4 Å². The molecule has 0 bridgehead atoms. The first kappa shape index (κ1) is 56.0. The van der Waals surface area contributed by atoms with Gasteiger partial charge in [-0.25, -0.2) is 0 Å². The molecular weight excluding hydrogens is 770 g/mol. The summed E-state index contributed by atoms with van der Waals surface area (Å²) in [4.78, 5) is 41.9. The number of quaternary nitrogens is 1. The van der Waals surface area contributed by atoms with Crippen molar-refractivity contribution in [3.05, 3.63) is 0 Å². The lowest BCUT2D eigenvalue weighted by Gasteiger charge is -2.42. The molecule has 2 amide bonds. The normalized spacial score (nSPS) is 12.9. The van der Waals surface area contributed by atoms with Crippen molar-refractivity contribution in [3.8, 4) is 0 Å². The fourth-order valence-corrected chi connectivity index (χ4v) is 9.17. The topological polar surface area (TPSA) is 80.5 Å². The molecule has 0 heterocycles. The van der Waals surface area contributed by atoms with Gasteiger partial charge < -0.3 is 15.1 Å². The molecule has 0 unspecified atom stereocenters. The van der Waals surface area contributed by atoms with Gasteiger partial charge >= 0.3 is 0 Å². The smallest absolute Gasteiger partial charge is 0.223 e. The molecule has 0 radical (unpaired) electrons. The maximum Gasteiger partial charge on any atom is 0.223 e. The van der Waals surface area contributed by atoms with Gasteiger partial charge in [0.2, 0.25) is 16.5 Å². The van der Waals surface area contributed by atoms with Crippen LogP contribution in [0.5, 0.6) is 0 Å². The van der Waals surface area contributed by atoms with E-state index in [2.05, 4.69) is 50.9 Å². The van der Waals surface area contributed by atoms with E-state index in [1.165, 1.54) is 180 Å². The van der Waals surface area contributed by atoms with Gasteiger partial charge in [0.15, 0.2) is 0 Å². The number of nitrogens with two attached hydrogens (primary N) is 1. The van der Waals surface area contributed by atoms with E-state index in [1.54, 1.807) is 0 Å². The molecule has 0 saturated carbocycles. The Morgan fingerprint density at radius 3 is 1.14 bits per heavy atom. The molecule has 338 valence electrons. The summed E-state index contributed by atoms with van der Waals surface area (Å²) in [6, 6.07) is 0. The van der Waals surface area contributed by atoms with E-state index >= 15 is 0 Å². The van der Waals surface area contributed by atoms with E-state index in [4.69, 9.17) is 5.73 Å². The number of hydrogen-bond acceptors (Lipinski definition) is 3. The Hall–Kier alpha value is -0.950. The molecule has 0 aromatic carbocycles. The maximum atomic E-state index is 14.2. The van der Waals surface area contributed by atoms with Crippen molar-refractivity contribution in [2.24, 2.45) is 5.73 Å². The monoisotopic (exact) mass is 869 g/mol. The van der Waals surface area contributed by atoms with Gasteiger partial charge in [-0.1, -0.05) is 213 Å². The van der Waals surface area contributed by atoms with E-state index < -0.39 is 11.4 Å². The first-order valence-corrected chi connectivity index (χ1v) is 25.9. The SMILES string of the molecule is CCCCCCCCCCCCCCCCN(C(=O)CCCCCCCCC[N+](C)(C)C)[C@](CCCCCCCCCCCCCCCC)(CCC(N)=O)C(=O)Br. The Balaban J connectivity index is 5.13. The van der Waals surface area contributed by atoms with Crippen LogP contribution in [0.1, 0.15) is 264 Å². The van der Waals surface area contributed by atoms with Crippen LogP contribution in [0.3, 0.4) is 0 Å². The summed E-state index contributed by atoms with van der Waals surface area (Å²) in [5.74, 6) is -0.324. The molecule has 0 aromatic rings. The average Bonchev–Trinajstić information content (AvgIpc) is 3.16. The summed E-state index contributed by atoms with van der Waals surface area (Å²) < 4.78 is 0.869. The first-order chi connectivity index (χ1) is 27.5. The molecule has 0 aliphatic rings. The minimum atomic E-state index is -1.01. The standard InChI is InChI=1S/C50H98BrN3O3/c1-6-8-10-12-14-16-18-20-22-24-26-30-34-38-43-50(49(51)57,44-42-47(52)55)53(48(56)41-37-33-29-28-32-36-40-46-54(3,4)5)45-39-35-31-27-25-23-21-19-17-15-13-11-9-7-2/h6-46H2,1-5H3,(H-,52,55)/p+1/t50-/m1/s1. The van der Waals surface area contributed by atoms with Crippen molar-refractivity contribution in [3.63, 3.8) is 0 Å². The molecule has 7 heteroatoms. The van der Waals surface area contributed by atoms with Gasteiger partial charge in [-0.3, -0.25) is 14.4 Å². The second-order valence-corrected chi connectivity index (χ2v) is 19.7. The quantitative estimate of drug-likeness (QED) is 0.0376. The summed E-state index contributed by atoms with van der Waals surface area (Å²) in [7, 11) is 6.77. The molecule has 0 aliphatic carbocycles. The van der Waals surface area contributed by atoms with Crippen molar-refractivity contribution in [2.45, 2.75) is 270 Å². The Morgan fingerprint density at radius 1 is 0.456 bits per heavy atom. The second-order valence-electron chi connectivity index (χ2n) is 19.0. The van der Waals surface area contributed by atoms with Crippen molar-refractivity contribution < 1.29 is 18.9 Å². The van der Waals surface area contributed by atoms with Crippen LogP contribution in [0.4, 0.5) is 0 Å². The Bertz CT molecular complexity index is 938. The zero-order chi connectivity index (χ0) is 42.3. The molecule has 2 N–H and O–H groups in total. The fourth-order valence-electron chi connectivity index (χ4n) is 8.56. The summed E-state index contributed by atoms with van der Waals surface area (Å²) in [5, 5.41) is 0. The van der Waals surface area contributed by atoms with E-state index in [1.807, 2.05) is 4.90 Å². The highest BCUT2D eigenvalue weighted by Gasteiger charge is 2.44. The van der Waals surface area contributed by atoms with Crippen LogP contribution in [0, 0.1) is 0 Å². The highest BCUT2D eigenvalue weighted by Crippen LogP contribution is 2.34. The molecule has 0 spiro atoms. The number of nitrogens with zero attached hydrogens (tertiary/aromatic N) is 2. The summed E-state index contributed by atoms with van der Waals surface area (Å²) in [6.45, 7) is 6.35. The van der Waals surface area contributed by atoms with Crippen LogP contribution >= 0.6 is 15.9 Å². The third kappa shape index (κ3) is 34.5. The predicted octanol–water partition coefficient (Wildman–Crippen LogP) is 14.9. The third-order valence-corrected chi connectivity index (χ3v) is 13.1. The predicted molar refractivity (Wildman–Crippen MR) is 252 cm³/mol. The van der Waals surface area contributed by atoms with Crippen LogP contribution < -0.4 is 5.73 Å². The lowest BCUT2D eigenvalue weighted by atomic mass is 9.85. The number of hydrogen-bond donors (Lipinski definition) is 1. The van der Waals surface area contributed by atoms with Gasteiger partial charge in [-0.2, -0.15) is 0 Å². The molecule has 1 atom stereocenters. The van der Waals surface area contributed by atoms with Gasteiger partial charge in [0.1, 0.15) is 5.54 Å². The zero-order valence-electron chi connectivity index (χ0n) is 39.1. The summed E-state index contributed by atoms with van der Waals surface area (Å²) in [5.41, 5.74) is 4.69. The van der Waals surface area contributed by atoms with E-state index in [-0.39, 0.29) is 17.0 Å².